The van der Waals surface area contributed by atoms with Gasteiger partial charge in [-0.05, 0) is 47.3 Å². The smallest absolute Gasteiger partial charge is 0.326 e. The van der Waals surface area contributed by atoms with E-state index in [2.05, 4.69) is 20.9 Å². The van der Waals surface area contributed by atoms with Crippen molar-refractivity contribution in [1.82, 2.24) is 4.98 Å². The second-order valence-electron chi connectivity index (χ2n) is 3.88. The molecule has 0 aromatic carbocycles. The molecule has 0 amide bonds. The van der Waals surface area contributed by atoms with Crippen molar-refractivity contribution in [2.75, 3.05) is 11.4 Å². The SMILES string of the molecule is O=C(O)C1CCCCN1c1ccc(Br)cn1. The van der Waals surface area contributed by atoms with E-state index < -0.39 is 12.0 Å². The van der Waals surface area contributed by atoms with E-state index in [0.717, 1.165) is 29.7 Å². The molecule has 1 saturated heterocycles. The maximum atomic E-state index is 11.1. The maximum absolute atomic E-state index is 11.1. The Bertz CT molecular complexity index is 380. The minimum absolute atomic E-state index is 0.428. The van der Waals surface area contributed by atoms with Crippen molar-refractivity contribution in [3.05, 3.63) is 22.8 Å². The third kappa shape index (κ3) is 2.35. The number of hydrogen-bond acceptors (Lipinski definition) is 3. The normalized spacial score (nSPS) is 20.8. The molecule has 1 aliphatic heterocycles. The average molecular weight is 285 g/mol. The first kappa shape index (κ1) is 11.4. The van der Waals surface area contributed by atoms with Crippen LogP contribution in [-0.2, 0) is 4.79 Å². The highest BCUT2D eigenvalue weighted by atomic mass is 79.9. The quantitative estimate of drug-likeness (QED) is 0.905. The summed E-state index contributed by atoms with van der Waals surface area (Å²) in [6.45, 7) is 0.769. The Morgan fingerprint density at radius 1 is 1.50 bits per heavy atom. The molecule has 2 rings (SSSR count). The van der Waals surface area contributed by atoms with Crippen LogP contribution in [0.1, 0.15) is 19.3 Å². The average Bonchev–Trinajstić information content (AvgIpc) is 2.30. The number of carboxylic acid groups (broad SMARTS) is 1. The van der Waals surface area contributed by atoms with Gasteiger partial charge in [0.15, 0.2) is 0 Å². The molecular formula is C11H13BrN2O2. The number of nitrogens with zero attached hydrogens (tertiary/aromatic N) is 2. The maximum Gasteiger partial charge on any atom is 0.326 e. The Hall–Kier alpha value is -1.10. The van der Waals surface area contributed by atoms with E-state index in [9.17, 15) is 4.79 Å². The van der Waals surface area contributed by atoms with Gasteiger partial charge in [0, 0.05) is 17.2 Å². The molecule has 1 aliphatic rings. The molecule has 1 aromatic heterocycles. The van der Waals surface area contributed by atoms with Gasteiger partial charge >= 0.3 is 5.97 Å². The summed E-state index contributed by atoms with van der Waals surface area (Å²) in [7, 11) is 0. The van der Waals surface area contributed by atoms with Crippen LogP contribution in [0.2, 0.25) is 0 Å². The predicted molar refractivity (Wildman–Crippen MR) is 64.6 cm³/mol. The number of carboxylic acids is 1. The van der Waals surface area contributed by atoms with Crippen LogP contribution in [0.25, 0.3) is 0 Å². The van der Waals surface area contributed by atoms with Gasteiger partial charge in [0.25, 0.3) is 0 Å². The number of halogens is 1. The van der Waals surface area contributed by atoms with Gasteiger partial charge in [-0.3, -0.25) is 0 Å². The molecule has 1 fully saturated rings. The second kappa shape index (κ2) is 4.82. The summed E-state index contributed by atoms with van der Waals surface area (Å²) < 4.78 is 0.903. The standard InChI is InChI=1S/C11H13BrN2O2/c12-8-4-5-10(13-7-8)14-6-2-1-3-9(14)11(15)16/h4-5,7,9H,1-3,6H2,(H,15,16). The lowest BCUT2D eigenvalue weighted by Gasteiger charge is -2.33. The zero-order valence-corrected chi connectivity index (χ0v) is 10.4. The third-order valence-electron chi connectivity index (χ3n) is 2.79. The van der Waals surface area contributed by atoms with Gasteiger partial charge in [0.1, 0.15) is 11.9 Å². The summed E-state index contributed by atoms with van der Waals surface area (Å²) in [6, 6.07) is 3.31. The summed E-state index contributed by atoms with van der Waals surface area (Å²) in [4.78, 5) is 17.2. The van der Waals surface area contributed by atoms with Crippen molar-refractivity contribution in [2.24, 2.45) is 0 Å². The van der Waals surface area contributed by atoms with Gasteiger partial charge in [-0.15, -0.1) is 0 Å². The van der Waals surface area contributed by atoms with E-state index in [1.165, 1.54) is 0 Å². The van der Waals surface area contributed by atoms with Crippen molar-refractivity contribution in [2.45, 2.75) is 25.3 Å². The summed E-state index contributed by atoms with van der Waals surface area (Å²) >= 11 is 3.32. The number of piperidine rings is 1. The number of carbonyl (C=O) groups is 1. The molecule has 0 aliphatic carbocycles. The fourth-order valence-electron chi connectivity index (χ4n) is 2.00. The number of aliphatic carboxylic acids is 1. The van der Waals surface area contributed by atoms with E-state index in [1.807, 2.05) is 17.0 Å². The molecular weight excluding hydrogens is 272 g/mol. The monoisotopic (exact) mass is 284 g/mol. The number of aromatic nitrogens is 1. The van der Waals surface area contributed by atoms with Crippen molar-refractivity contribution >= 4 is 27.7 Å². The molecule has 0 bridgehead atoms. The number of pyridine rings is 1. The molecule has 5 heteroatoms. The fraction of sp³-hybridized carbons (Fsp3) is 0.455. The van der Waals surface area contributed by atoms with Crippen LogP contribution in [0, 0.1) is 0 Å². The van der Waals surface area contributed by atoms with Gasteiger partial charge in [0.2, 0.25) is 0 Å². The molecule has 0 radical (unpaired) electrons. The molecule has 0 spiro atoms. The van der Waals surface area contributed by atoms with Crippen LogP contribution < -0.4 is 4.90 Å². The fourth-order valence-corrected chi connectivity index (χ4v) is 2.23. The van der Waals surface area contributed by atoms with Crippen molar-refractivity contribution in [1.29, 1.82) is 0 Å². The highest BCUT2D eigenvalue weighted by Gasteiger charge is 2.29. The largest absolute Gasteiger partial charge is 0.480 e. The molecule has 16 heavy (non-hydrogen) atoms. The summed E-state index contributed by atoms with van der Waals surface area (Å²) in [5.41, 5.74) is 0. The third-order valence-corrected chi connectivity index (χ3v) is 3.26. The first-order chi connectivity index (χ1) is 7.68. The number of hydrogen-bond donors (Lipinski definition) is 1. The molecule has 0 saturated carbocycles. The van der Waals surface area contributed by atoms with Crippen LogP contribution in [-0.4, -0.2) is 28.6 Å². The van der Waals surface area contributed by atoms with Crippen LogP contribution in [0.5, 0.6) is 0 Å². The lowest BCUT2D eigenvalue weighted by atomic mass is 10.0. The van der Waals surface area contributed by atoms with Gasteiger partial charge in [0.05, 0.1) is 0 Å². The minimum Gasteiger partial charge on any atom is -0.480 e. The van der Waals surface area contributed by atoms with E-state index in [4.69, 9.17) is 5.11 Å². The summed E-state index contributed by atoms with van der Waals surface area (Å²) in [6.07, 6.45) is 4.40. The van der Waals surface area contributed by atoms with Crippen molar-refractivity contribution in [3.63, 3.8) is 0 Å². The lowest BCUT2D eigenvalue weighted by molar-refractivity contribution is -0.139. The Balaban J connectivity index is 2.23. The first-order valence-electron chi connectivity index (χ1n) is 5.29. The number of anilines is 1. The highest BCUT2D eigenvalue weighted by molar-refractivity contribution is 9.10. The Labute approximate surface area is 102 Å². The summed E-state index contributed by atoms with van der Waals surface area (Å²) in [5, 5.41) is 9.15. The Kier molecular flexibility index (Phi) is 3.43. The van der Waals surface area contributed by atoms with E-state index in [-0.39, 0.29) is 0 Å². The number of rotatable bonds is 2. The topological polar surface area (TPSA) is 53.4 Å². The van der Waals surface area contributed by atoms with Crippen LogP contribution in [0.15, 0.2) is 22.8 Å². The predicted octanol–water partition coefficient (Wildman–Crippen LogP) is 2.29. The summed E-state index contributed by atoms with van der Waals surface area (Å²) in [5.74, 6) is -0.0141. The van der Waals surface area contributed by atoms with Crippen molar-refractivity contribution < 1.29 is 9.90 Å². The molecule has 2 heterocycles. The van der Waals surface area contributed by atoms with Crippen molar-refractivity contribution in [3.8, 4) is 0 Å². The molecule has 1 N–H and O–H groups in total. The zero-order valence-electron chi connectivity index (χ0n) is 8.77. The van der Waals surface area contributed by atoms with Gasteiger partial charge in [-0.1, -0.05) is 0 Å². The molecule has 4 nitrogen and oxygen atoms in total. The molecule has 1 aromatic rings. The van der Waals surface area contributed by atoms with E-state index in [0.29, 0.717) is 6.42 Å². The molecule has 1 unspecified atom stereocenters. The minimum atomic E-state index is -0.760. The van der Waals surface area contributed by atoms with Gasteiger partial charge < -0.3 is 10.0 Å². The van der Waals surface area contributed by atoms with Gasteiger partial charge in [-0.2, -0.15) is 0 Å². The van der Waals surface area contributed by atoms with Crippen LogP contribution in [0.4, 0.5) is 5.82 Å². The lowest BCUT2D eigenvalue weighted by Crippen LogP contribution is -2.45. The van der Waals surface area contributed by atoms with Gasteiger partial charge in [-0.25, -0.2) is 9.78 Å². The first-order valence-corrected chi connectivity index (χ1v) is 6.09. The highest BCUT2D eigenvalue weighted by Crippen LogP contribution is 2.24. The Morgan fingerprint density at radius 3 is 2.94 bits per heavy atom. The zero-order chi connectivity index (χ0) is 11.5. The van der Waals surface area contributed by atoms with Crippen LogP contribution in [0.3, 0.4) is 0 Å². The van der Waals surface area contributed by atoms with E-state index >= 15 is 0 Å². The van der Waals surface area contributed by atoms with Crippen LogP contribution >= 0.6 is 15.9 Å². The van der Waals surface area contributed by atoms with E-state index in [1.54, 1.807) is 6.20 Å². The Morgan fingerprint density at radius 2 is 2.31 bits per heavy atom. The molecule has 1 atom stereocenters. The molecule has 86 valence electrons. The second-order valence-corrected chi connectivity index (χ2v) is 4.79.